The Morgan fingerprint density at radius 1 is 1.11 bits per heavy atom. The molecule has 9 nitrogen and oxygen atoms in total. The van der Waals surface area contributed by atoms with Crippen LogP contribution in [0.3, 0.4) is 0 Å². The van der Waals surface area contributed by atoms with Gasteiger partial charge in [0.25, 0.3) is 0 Å². The summed E-state index contributed by atoms with van der Waals surface area (Å²) in [5.41, 5.74) is 1.96. The molecule has 2 heterocycles. The fourth-order valence-electron chi connectivity index (χ4n) is 4.35. The van der Waals surface area contributed by atoms with Crippen molar-refractivity contribution in [2.75, 3.05) is 19.7 Å². The second-order valence-corrected chi connectivity index (χ2v) is 8.75. The molecule has 0 atom stereocenters. The van der Waals surface area contributed by atoms with Crippen LogP contribution in [0.15, 0.2) is 59.1 Å². The molecule has 196 valence electrons. The molecule has 1 fully saturated rings. The van der Waals surface area contributed by atoms with E-state index in [4.69, 9.17) is 19.5 Å². The summed E-state index contributed by atoms with van der Waals surface area (Å²) in [6.45, 7) is 3.93. The van der Waals surface area contributed by atoms with Crippen molar-refractivity contribution < 1.29 is 38.2 Å². The van der Waals surface area contributed by atoms with Gasteiger partial charge in [0.15, 0.2) is 11.4 Å². The van der Waals surface area contributed by atoms with Gasteiger partial charge in [-0.05, 0) is 70.0 Å². The average Bonchev–Trinajstić information content (AvgIpc) is 3.30. The summed E-state index contributed by atoms with van der Waals surface area (Å²) in [4.78, 5) is 30.6. The highest BCUT2D eigenvalue weighted by Crippen LogP contribution is 2.40. The van der Waals surface area contributed by atoms with Crippen LogP contribution in [0, 0.1) is 5.82 Å². The number of halogens is 1. The lowest BCUT2D eigenvalue weighted by atomic mass is 9.72. The molecule has 2 aromatic carbocycles. The van der Waals surface area contributed by atoms with Crippen molar-refractivity contribution in [3.63, 3.8) is 0 Å². The Bertz CT molecular complexity index is 1260. The number of ether oxygens (including phenoxy) is 1. The molecule has 1 saturated heterocycles. The minimum Gasteiger partial charge on any atom is -0.494 e. The van der Waals surface area contributed by atoms with Gasteiger partial charge in [0.05, 0.1) is 12.3 Å². The number of ketones is 1. The van der Waals surface area contributed by atoms with Crippen LogP contribution in [-0.2, 0) is 15.0 Å². The smallest absolute Gasteiger partial charge is 0.328 e. The molecule has 1 aromatic heterocycles. The highest BCUT2D eigenvalue weighted by molar-refractivity contribution is 5.94. The van der Waals surface area contributed by atoms with E-state index in [1.807, 2.05) is 12.1 Å². The number of carboxylic acid groups (broad SMARTS) is 2. The monoisotopic (exact) mass is 512 g/mol. The Morgan fingerprint density at radius 2 is 1.81 bits per heavy atom. The number of nitrogens with one attached hydrogen (secondary N) is 1. The average molecular weight is 513 g/mol. The molecule has 10 heteroatoms. The first kappa shape index (κ1) is 27.5. The van der Waals surface area contributed by atoms with E-state index in [0.717, 1.165) is 49.9 Å². The van der Waals surface area contributed by atoms with Gasteiger partial charge in [0, 0.05) is 34.6 Å². The van der Waals surface area contributed by atoms with Crippen LogP contribution < -0.4 is 10.1 Å². The summed E-state index contributed by atoms with van der Waals surface area (Å²) in [7, 11) is 0. The van der Waals surface area contributed by atoms with Crippen LogP contribution in [0.4, 0.5) is 4.39 Å². The molecule has 0 unspecified atom stereocenters. The predicted octanol–water partition coefficient (Wildman–Crippen LogP) is 4.36. The Kier molecular flexibility index (Phi) is 9.51. The van der Waals surface area contributed by atoms with Crippen LogP contribution in [0.2, 0.25) is 0 Å². The third-order valence-corrected chi connectivity index (χ3v) is 6.17. The van der Waals surface area contributed by atoms with Gasteiger partial charge < -0.3 is 24.8 Å². The van der Waals surface area contributed by atoms with Crippen molar-refractivity contribution in [2.24, 2.45) is 0 Å². The molecule has 1 aliphatic heterocycles. The summed E-state index contributed by atoms with van der Waals surface area (Å²) in [6.07, 6.45) is 4.77. The fourth-order valence-corrected chi connectivity index (χ4v) is 4.35. The first-order valence-corrected chi connectivity index (χ1v) is 11.8. The zero-order valence-corrected chi connectivity index (χ0v) is 20.4. The van der Waals surface area contributed by atoms with Crippen LogP contribution in [0.1, 0.15) is 48.7 Å². The molecule has 0 bridgehead atoms. The lowest BCUT2D eigenvalue weighted by Gasteiger charge is -2.36. The summed E-state index contributed by atoms with van der Waals surface area (Å²) >= 11 is 0. The molecule has 0 radical (unpaired) electrons. The Labute approximate surface area is 212 Å². The summed E-state index contributed by atoms with van der Waals surface area (Å²) < 4.78 is 24.9. The molecule has 0 saturated carbocycles. The number of Topliss-reactive ketones (excluding diaryl/α,β-unsaturated/α-hetero) is 1. The molecule has 1 aliphatic rings. The summed E-state index contributed by atoms with van der Waals surface area (Å²) in [5.74, 6) is -2.10. The van der Waals surface area contributed by atoms with Gasteiger partial charge in [0.1, 0.15) is 11.6 Å². The highest BCUT2D eigenvalue weighted by atomic mass is 19.1. The molecule has 37 heavy (non-hydrogen) atoms. The summed E-state index contributed by atoms with van der Waals surface area (Å²) in [6, 6.07) is 11.9. The number of hydrogen-bond donors (Lipinski definition) is 3. The van der Waals surface area contributed by atoms with Crippen molar-refractivity contribution in [1.29, 1.82) is 0 Å². The fraction of sp³-hybridized carbons (Fsp3) is 0.333. The molecule has 0 spiro atoms. The minimum absolute atomic E-state index is 0.0263. The normalized spacial score (nSPS) is 14.6. The number of carbonyl (C=O) groups excluding carboxylic acids is 1. The van der Waals surface area contributed by atoms with Crippen LogP contribution in [0.25, 0.3) is 11.0 Å². The number of carbonyl (C=O) groups is 3. The number of carboxylic acids is 2. The Morgan fingerprint density at radius 3 is 2.46 bits per heavy atom. The first-order chi connectivity index (χ1) is 17.7. The number of aromatic nitrogens is 1. The van der Waals surface area contributed by atoms with E-state index < -0.39 is 11.9 Å². The Balaban J connectivity index is 0.000000414. The second-order valence-electron chi connectivity index (χ2n) is 8.75. The maximum absolute atomic E-state index is 13.5. The minimum atomic E-state index is -1.26. The number of nitrogens with zero attached hydrogens (tertiary/aromatic N) is 1. The van der Waals surface area contributed by atoms with Gasteiger partial charge in [-0.3, -0.25) is 4.79 Å². The quantitative estimate of drug-likeness (QED) is 0.217. The van der Waals surface area contributed by atoms with Gasteiger partial charge in [-0.2, -0.15) is 0 Å². The first-order valence-electron chi connectivity index (χ1n) is 11.8. The number of aliphatic carboxylic acids is 2. The molecule has 0 aliphatic carbocycles. The largest absolute Gasteiger partial charge is 0.494 e. The third-order valence-electron chi connectivity index (χ3n) is 6.17. The zero-order valence-electron chi connectivity index (χ0n) is 20.4. The van der Waals surface area contributed by atoms with E-state index in [2.05, 4.69) is 10.5 Å². The van der Waals surface area contributed by atoms with Gasteiger partial charge in [0.2, 0.25) is 0 Å². The number of piperidine rings is 1. The van der Waals surface area contributed by atoms with Crippen LogP contribution in [-0.4, -0.2) is 52.8 Å². The van der Waals surface area contributed by atoms with Gasteiger partial charge in [-0.25, -0.2) is 14.0 Å². The van der Waals surface area contributed by atoms with Crippen LogP contribution >= 0.6 is 0 Å². The van der Waals surface area contributed by atoms with Crippen molar-refractivity contribution >= 4 is 28.7 Å². The maximum atomic E-state index is 13.5. The molecular weight excluding hydrogens is 483 g/mol. The van der Waals surface area contributed by atoms with Crippen molar-refractivity contribution in [3.8, 4) is 5.75 Å². The van der Waals surface area contributed by atoms with E-state index >= 15 is 0 Å². The lowest BCUT2D eigenvalue weighted by molar-refractivity contribution is -0.134. The number of rotatable bonds is 9. The van der Waals surface area contributed by atoms with Crippen LogP contribution in [0.5, 0.6) is 5.75 Å². The zero-order chi connectivity index (χ0) is 26.8. The van der Waals surface area contributed by atoms with E-state index in [-0.39, 0.29) is 17.0 Å². The molecule has 3 N–H and O–H groups in total. The van der Waals surface area contributed by atoms with E-state index in [9.17, 15) is 18.8 Å². The molecular formula is C27H29FN2O7. The van der Waals surface area contributed by atoms with Gasteiger partial charge >= 0.3 is 11.9 Å². The number of fused-ring (bicyclic) bond motifs is 1. The Hall–Kier alpha value is -4.05. The number of benzene rings is 2. The maximum Gasteiger partial charge on any atom is 0.328 e. The third kappa shape index (κ3) is 7.71. The standard InChI is InChI=1S/C23H25FN2O3.C4H4O4/c1-16(27)17-4-2-5-19(14-17)28-13-3-8-23(9-11-25-12-10-23)22-20-7-6-18(24)15-21(20)29-26-22;5-3(6)1-2-4(7)8/h2,4-7,14-15,25H,3,8-13H2,1H3;1-2H,(H,5,6)(H,7,8)/b;2-1+. The predicted molar refractivity (Wildman–Crippen MR) is 133 cm³/mol. The van der Waals surface area contributed by atoms with E-state index in [1.54, 1.807) is 25.1 Å². The number of hydrogen-bond acceptors (Lipinski definition) is 7. The summed E-state index contributed by atoms with van der Waals surface area (Å²) in [5, 5.41) is 24.3. The molecule has 0 amide bonds. The molecule has 3 aromatic rings. The lowest BCUT2D eigenvalue weighted by Crippen LogP contribution is -2.40. The molecule has 4 rings (SSSR count). The van der Waals surface area contributed by atoms with E-state index in [0.29, 0.717) is 35.7 Å². The topological polar surface area (TPSA) is 139 Å². The van der Waals surface area contributed by atoms with Crippen molar-refractivity contribution in [3.05, 3.63) is 71.7 Å². The van der Waals surface area contributed by atoms with E-state index in [1.165, 1.54) is 12.1 Å². The van der Waals surface area contributed by atoms with Gasteiger partial charge in [-0.1, -0.05) is 17.3 Å². The van der Waals surface area contributed by atoms with Gasteiger partial charge in [-0.15, -0.1) is 0 Å². The van der Waals surface area contributed by atoms with Crippen molar-refractivity contribution in [1.82, 2.24) is 10.5 Å². The highest BCUT2D eigenvalue weighted by Gasteiger charge is 2.37. The van der Waals surface area contributed by atoms with Crippen molar-refractivity contribution in [2.45, 2.75) is 38.0 Å². The second kappa shape index (κ2) is 12.8. The SMILES string of the molecule is CC(=O)c1cccc(OCCCC2(c3noc4cc(F)ccc34)CCNCC2)c1.O=C(O)/C=C/C(=O)O.